The van der Waals surface area contributed by atoms with Crippen LogP contribution in [0.4, 0.5) is 17.1 Å². The highest BCUT2D eigenvalue weighted by molar-refractivity contribution is 5.61. The van der Waals surface area contributed by atoms with Crippen LogP contribution in [0.15, 0.2) is 18.2 Å². The van der Waals surface area contributed by atoms with Crippen LogP contribution in [0.5, 0.6) is 0 Å². The second-order valence-electron chi connectivity index (χ2n) is 3.70. The second kappa shape index (κ2) is 5.95. The number of nitro benzene ring substituents is 1. The first-order chi connectivity index (χ1) is 7.63. The van der Waals surface area contributed by atoms with Crippen molar-refractivity contribution in [3.05, 3.63) is 28.3 Å². The van der Waals surface area contributed by atoms with E-state index in [1.165, 1.54) is 12.1 Å². The lowest BCUT2D eigenvalue weighted by atomic mass is 10.2. The van der Waals surface area contributed by atoms with Crippen LogP contribution < -0.4 is 11.1 Å². The first kappa shape index (κ1) is 12.3. The van der Waals surface area contributed by atoms with Crippen molar-refractivity contribution < 1.29 is 4.92 Å². The number of anilines is 2. The number of unbranched alkanes of at least 4 members (excludes halogenated alkanes) is 2. The monoisotopic (exact) mass is 223 g/mol. The van der Waals surface area contributed by atoms with E-state index in [0.717, 1.165) is 25.8 Å². The zero-order valence-corrected chi connectivity index (χ0v) is 9.40. The summed E-state index contributed by atoms with van der Waals surface area (Å²) in [6, 6.07) is 4.57. The fourth-order valence-corrected chi connectivity index (χ4v) is 1.45. The highest BCUT2D eigenvalue weighted by atomic mass is 16.6. The Balaban J connectivity index is 2.62. The zero-order chi connectivity index (χ0) is 12.0. The van der Waals surface area contributed by atoms with Gasteiger partial charge >= 0.3 is 0 Å². The third-order valence-electron chi connectivity index (χ3n) is 2.26. The molecule has 1 rings (SSSR count). The van der Waals surface area contributed by atoms with E-state index in [0.29, 0.717) is 11.4 Å². The van der Waals surface area contributed by atoms with E-state index in [1.807, 2.05) is 0 Å². The maximum absolute atomic E-state index is 10.6. The van der Waals surface area contributed by atoms with E-state index in [-0.39, 0.29) is 5.69 Å². The van der Waals surface area contributed by atoms with Crippen LogP contribution in [0.1, 0.15) is 26.2 Å². The average molecular weight is 223 g/mol. The normalized spacial score (nSPS) is 10.1. The second-order valence-corrected chi connectivity index (χ2v) is 3.70. The molecular weight excluding hydrogens is 206 g/mol. The van der Waals surface area contributed by atoms with Crippen molar-refractivity contribution in [2.75, 3.05) is 17.6 Å². The predicted octanol–water partition coefficient (Wildman–Crippen LogP) is 2.78. The van der Waals surface area contributed by atoms with Crippen molar-refractivity contribution in [2.45, 2.75) is 26.2 Å². The molecule has 0 saturated heterocycles. The van der Waals surface area contributed by atoms with Crippen molar-refractivity contribution in [1.29, 1.82) is 0 Å². The van der Waals surface area contributed by atoms with Crippen molar-refractivity contribution in [3.63, 3.8) is 0 Å². The summed E-state index contributed by atoms with van der Waals surface area (Å²) >= 11 is 0. The molecule has 1 aromatic carbocycles. The summed E-state index contributed by atoms with van der Waals surface area (Å²) in [5.41, 5.74) is 6.73. The molecule has 5 heteroatoms. The van der Waals surface area contributed by atoms with Gasteiger partial charge in [-0.05, 0) is 12.5 Å². The summed E-state index contributed by atoms with van der Waals surface area (Å²) in [6.07, 6.45) is 3.36. The number of rotatable bonds is 6. The highest BCUT2D eigenvalue weighted by Gasteiger charge is 2.07. The largest absolute Gasteiger partial charge is 0.398 e. The number of hydrogen-bond donors (Lipinski definition) is 2. The van der Waals surface area contributed by atoms with Crippen LogP contribution in [0, 0.1) is 10.1 Å². The Morgan fingerprint density at radius 2 is 2.12 bits per heavy atom. The smallest absolute Gasteiger partial charge is 0.273 e. The van der Waals surface area contributed by atoms with E-state index in [2.05, 4.69) is 12.2 Å². The summed E-state index contributed by atoms with van der Waals surface area (Å²) in [4.78, 5) is 10.2. The molecule has 0 spiro atoms. The van der Waals surface area contributed by atoms with Crippen molar-refractivity contribution in [2.24, 2.45) is 0 Å². The van der Waals surface area contributed by atoms with Crippen LogP contribution in [-0.4, -0.2) is 11.5 Å². The molecule has 0 radical (unpaired) electrons. The Morgan fingerprint density at radius 3 is 2.75 bits per heavy atom. The van der Waals surface area contributed by atoms with Gasteiger partial charge in [-0.3, -0.25) is 10.1 Å². The number of hydrogen-bond acceptors (Lipinski definition) is 4. The van der Waals surface area contributed by atoms with Crippen LogP contribution in [0.25, 0.3) is 0 Å². The fourth-order valence-electron chi connectivity index (χ4n) is 1.45. The molecule has 0 amide bonds. The molecule has 0 unspecified atom stereocenters. The molecule has 88 valence electrons. The third-order valence-corrected chi connectivity index (χ3v) is 2.26. The van der Waals surface area contributed by atoms with Gasteiger partial charge in [-0.15, -0.1) is 0 Å². The molecule has 1 aromatic rings. The maximum atomic E-state index is 10.6. The molecule has 0 aliphatic carbocycles. The zero-order valence-electron chi connectivity index (χ0n) is 9.40. The highest BCUT2D eigenvalue weighted by Crippen LogP contribution is 2.22. The molecule has 0 aliphatic heterocycles. The number of nitrogen functional groups attached to an aromatic ring is 1. The molecule has 3 N–H and O–H groups in total. The molecular formula is C11H17N3O2. The molecule has 0 bridgehead atoms. The number of non-ortho nitro benzene ring substituents is 1. The van der Waals surface area contributed by atoms with E-state index >= 15 is 0 Å². The average Bonchev–Trinajstić information content (AvgIpc) is 2.23. The quantitative estimate of drug-likeness (QED) is 0.336. The standard InChI is InChI=1S/C11H17N3O2/c1-2-3-4-5-13-10-6-9(12)7-11(8-10)14(15)16/h6-8,13H,2-5,12H2,1H3. The number of nitro groups is 1. The summed E-state index contributed by atoms with van der Waals surface area (Å²) < 4.78 is 0. The molecule has 16 heavy (non-hydrogen) atoms. The Bertz CT molecular complexity index is 366. The molecule has 0 fully saturated rings. The molecule has 0 saturated carbocycles. The minimum absolute atomic E-state index is 0.0259. The predicted molar refractivity (Wildman–Crippen MR) is 65.5 cm³/mol. The van der Waals surface area contributed by atoms with Gasteiger partial charge < -0.3 is 11.1 Å². The molecule has 0 heterocycles. The van der Waals surface area contributed by atoms with E-state index in [4.69, 9.17) is 5.73 Å². The number of benzene rings is 1. The Hall–Kier alpha value is -1.78. The van der Waals surface area contributed by atoms with Gasteiger partial charge in [-0.25, -0.2) is 0 Å². The summed E-state index contributed by atoms with van der Waals surface area (Å²) in [5.74, 6) is 0. The summed E-state index contributed by atoms with van der Waals surface area (Å²) in [6.45, 7) is 2.94. The van der Waals surface area contributed by atoms with Gasteiger partial charge in [-0.2, -0.15) is 0 Å². The maximum Gasteiger partial charge on any atom is 0.273 e. The SMILES string of the molecule is CCCCCNc1cc(N)cc([N+](=O)[O-])c1. The Labute approximate surface area is 94.8 Å². The third kappa shape index (κ3) is 3.76. The van der Waals surface area contributed by atoms with Crippen LogP contribution in [0.2, 0.25) is 0 Å². The topological polar surface area (TPSA) is 81.2 Å². The van der Waals surface area contributed by atoms with Crippen molar-refractivity contribution in [1.82, 2.24) is 0 Å². The van der Waals surface area contributed by atoms with Gasteiger partial charge in [0, 0.05) is 30.1 Å². The van der Waals surface area contributed by atoms with Gasteiger partial charge in [0.15, 0.2) is 0 Å². The van der Waals surface area contributed by atoms with Crippen LogP contribution in [0.3, 0.4) is 0 Å². The van der Waals surface area contributed by atoms with Gasteiger partial charge in [0.1, 0.15) is 0 Å². The lowest BCUT2D eigenvalue weighted by Crippen LogP contribution is -2.02. The van der Waals surface area contributed by atoms with Crippen molar-refractivity contribution in [3.8, 4) is 0 Å². The van der Waals surface area contributed by atoms with E-state index in [9.17, 15) is 10.1 Å². The lowest BCUT2D eigenvalue weighted by Gasteiger charge is -2.06. The van der Waals surface area contributed by atoms with Gasteiger partial charge in [0.05, 0.1) is 4.92 Å². The number of nitrogens with zero attached hydrogens (tertiary/aromatic N) is 1. The first-order valence-electron chi connectivity index (χ1n) is 5.42. The van der Waals surface area contributed by atoms with E-state index < -0.39 is 4.92 Å². The minimum atomic E-state index is -0.437. The van der Waals surface area contributed by atoms with Crippen LogP contribution in [-0.2, 0) is 0 Å². The summed E-state index contributed by atoms with van der Waals surface area (Å²) in [5, 5.41) is 13.7. The lowest BCUT2D eigenvalue weighted by molar-refractivity contribution is -0.384. The number of nitrogens with two attached hydrogens (primary N) is 1. The molecule has 0 aliphatic rings. The van der Waals surface area contributed by atoms with Gasteiger partial charge in [0.2, 0.25) is 0 Å². The van der Waals surface area contributed by atoms with E-state index in [1.54, 1.807) is 6.07 Å². The Morgan fingerprint density at radius 1 is 1.38 bits per heavy atom. The minimum Gasteiger partial charge on any atom is -0.398 e. The summed E-state index contributed by atoms with van der Waals surface area (Å²) in [7, 11) is 0. The van der Waals surface area contributed by atoms with Crippen LogP contribution >= 0.6 is 0 Å². The fraction of sp³-hybridized carbons (Fsp3) is 0.455. The van der Waals surface area contributed by atoms with Crippen molar-refractivity contribution >= 4 is 17.1 Å². The molecule has 5 nitrogen and oxygen atoms in total. The van der Waals surface area contributed by atoms with Gasteiger partial charge in [-0.1, -0.05) is 19.8 Å². The van der Waals surface area contributed by atoms with Gasteiger partial charge in [0.25, 0.3) is 5.69 Å². The number of nitrogens with one attached hydrogen (secondary N) is 1. The Kier molecular flexibility index (Phi) is 4.57. The first-order valence-corrected chi connectivity index (χ1v) is 5.42. The molecule has 0 atom stereocenters. The molecule has 0 aromatic heterocycles.